The van der Waals surface area contributed by atoms with Gasteiger partial charge in [-0.25, -0.2) is 8.42 Å². The number of para-hydroxylation sites is 1. The number of nitrogens with one attached hydrogen (secondary N) is 1. The molecule has 196 valence electrons. The molecule has 1 atom stereocenters. The van der Waals surface area contributed by atoms with Crippen LogP contribution in [0.2, 0.25) is 0 Å². The highest BCUT2D eigenvalue weighted by atomic mass is 32.2. The zero-order valence-corrected chi connectivity index (χ0v) is 23.1. The van der Waals surface area contributed by atoms with Crippen molar-refractivity contribution in [2.45, 2.75) is 50.6 Å². The number of carbonyl (C=O) groups excluding carboxylic acids is 1. The van der Waals surface area contributed by atoms with Crippen LogP contribution in [0.3, 0.4) is 0 Å². The number of amides is 1. The van der Waals surface area contributed by atoms with Crippen LogP contribution in [0.1, 0.15) is 60.8 Å². The summed E-state index contributed by atoms with van der Waals surface area (Å²) in [5, 5.41) is 0. The molecule has 1 amide bonds. The quantitative estimate of drug-likeness (QED) is 0.264. The van der Waals surface area contributed by atoms with Crippen LogP contribution in [-0.2, 0) is 22.0 Å². The lowest BCUT2D eigenvalue weighted by Crippen LogP contribution is -2.34. The van der Waals surface area contributed by atoms with E-state index in [2.05, 4.69) is 25.5 Å². The lowest BCUT2D eigenvalue weighted by molar-refractivity contribution is 0.0675. The Morgan fingerprint density at radius 2 is 1.34 bits per heavy atom. The highest BCUT2D eigenvalue weighted by Crippen LogP contribution is 2.29. The molecule has 0 aliphatic rings. The van der Waals surface area contributed by atoms with E-state index in [4.69, 9.17) is 0 Å². The smallest absolute Gasteiger partial charge is 0.261 e. The maximum atomic E-state index is 14.1. The van der Waals surface area contributed by atoms with Crippen molar-refractivity contribution in [1.82, 2.24) is 4.90 Å². The van der Waals surface area contributed by atoms with Crippen LogP contribution in [0, 0.1) is 0 Å². The molecule has 0 fully saturated rings. The predicted octanol–water partition coefficient (Wildman–Crippen LogP) is 7.19. The lowest BCUT2D eigenvalue weighted by Gasteiger charge is -2.30. The first-order valence-corrected chi connectivity index (χ1v) is 14.2. The summed E-state index contributed by atoms with van der Waals surface area (Å²) in [6, 6.07) is 33.0. The molecule has 0 heterocycles. The average Bonchev–Trinajstić information content (AvgIpc) is 2.92. The molecule has 0 aliphatic heterocycles. The van der Waals surface area contributed by atoms with E-state index >= 15 is 0 Å². The second-order valence-electron chi connectivity index (χ2n) is 10.4. The Labute approximate surface area is 226 Å². The molecule has 38 heavy (non-hydrogen) atoms. The number of benzene rings is 4. The van der Waals surface area contributed by atoms with Crippen molar-refractivity contribution < 1.29 is 13.2 Å². The summed E-state index contributed by atoms with van der Waals surface area (Å²) >= 11 is 0. The van der Waals surface area contributed by atoms with Gasteiger partial charge in [0.2, 0.25) is 0 Å². The molecule has 6 heteroatoms. The molecule has 0 spiro atoms. The molecule has 5 nitrogen and oxygen atoms in total. The molecule has 0 aromatic heterocycles. The molecule has 0 saturated carbocycles. The molecule has 4 rings (SSSR count). The van der Waals surface area contributed by atoms with Gasteiger partial charge in [-0.2, -0.15) is 0 Å². The van der Waals surface area contributed by atoms with Crippen LogP contribution in [0.15, 0.2) is 114 Å². The molecular formula is C32H34N2O3S. The van der Waals surface area contributed by atoms with Crippen LogP contribution in [0.4, 0.5) is 5.69 Å². The molecule has 0 bridgehead atoms. The monoisotopic (exact) mass is 526 g/mol. The molecule has 4 aromatic carbocycles. The summed E-state index contributed by atoms with van der Waals surface area (Å²) in [4.78, 5) is 16.0. The van der Waals surface area contributed by atoms with Crippen molar-refractivity contribution in [3.05, 3.63) is 131 Å². The highest BCUT2D eigenvalue weighted by molar-refractivity contribution is 7.92. The van der Waals surface area contributed by atoms with Crippen LogP contribution in [0.25, 0.3) is 0 Å². The molecule has 1 N–H and O–H groups in total. The van der Waals surface area contributed by atoms with Crippen molar-refractivity contribution in [3.63, 3.8) is 0 Å². The minimum absolute atomic E-state index is 0.0909. The Balaban J connectivity index is 1.67. The molecule has 0 aliphatic carbocycles. The molecule has 0 radical (unpaired) electrons. The normalized spacial score (nSPS) is 12.5. The van der Waals surface area contributed by atoms with Gasteiger partial charge < -0.3 is 4.90 Å². The van der Waals surface area contributed by atoms with Gasteiger partial charge in [-0.05, 0) is 53.3 Å². The van der Waals surface area contributed by atoms with Gasteiger partial charge in [0.05, 0.1) is 22.2 Å². The second kappa shape index (κ2) is 11.2. The van der Waals surface area contributed by atoms with Gasteiger partial charge in [0.1, 0.15) is 0 Å². The van der Waals surface area contributed by atoms with Gasteiger partial charge in [-0.15, -0.1) is 0 Å². The summed E-state index contributed by atoms with van der Waals surface area (Å²) in [7, 11) is -3.91. The molecule has 4 aromatic rings. The van der Waals surface area contributed by atoms with Crippen LogP contribution < -0.4 is 4.72 Å². The zero-order chi connectivity index (χ0) is 27.3. The largest absolute Gasteiger partial charge is 0.327 e. The first kappa shape index (κ1) is 27.1. The number of nitrogens with zero attached hydrogens (tertiary/aromatic N) is 1. The second-order valence-corrected chi connectivity index (χ2v) is 12.1. The van der Waals surface area contributed by atoms with E-state index in [-0.39, 0.29) is 27.9 Å². The SMILES string of the molecule is C[C@@H](c1ccccc1)N(Cc1ccccc1)C(=O)c1ccccc1NS(=O)(=O)c1ccc(C(C)(C)C)cc1. The summed E-state index contributed by atoms with van der Waals surface area (Å²) in [6.45, 7) is 8.60. The number of anilines is 1. The van der Waals surface area contributed by atoms with Crippen molar-refractivity contribution in [3.8, 4) is 0 Å². The van der Waals surface area contributed by atoms with E-state index < -0.39 is 10.0 Å². The summed E-state index contributed by atoms with van der Waals surface area (Å²) in [5.41, 5.74) is 3.47. The minimum Gasteiger partial charge on any atom is -0.327 e. The first-order valence-electron chi connectivity index (χ1n) is 12.7. The van der Waals surface area contributed by atoms with E-state index in [1.807, 2.05) is 79.7 Å². The molecule has 0 saturated heterocycles. The van der Waals surface area contributed by atoms with E-state index in [0.29, 0.717) is 12.1 Å². The van der Waals surface area contributed by atoms with Crippen molar-refractivity contribution >= 4 is 21.6 Å². The highest BCUT2D eigenvalue weighted by Gasteiger charge is 2.27. The maximum absolute atomic E-state index is 14.1. The molecular weight excluding hydrogens is 492 g/mol. The van der Waals surface area contributed by atoms with Crippen molar-refractivity contribution in [1.29, 1.82) is 0 Å². The minimum atomic E-state index is -3.91. The zero-order valence-electron chi connectivity index (χ0n) is 22.3. The fraction of sp³-hybridized carbons (Fsp3) is 0.219. The Hall–Kier alpha value is -3.90. The number of hydrogen-bond acceptors (Lipinski definition) is 3. The molecule has 0 unspecified atom stereocenters. The van der Waals surface area contributed by atoms with Gasteiger partial charge in [0.15, 0.2) is 0 Å². The van der Waals surface area contributed by atoms with Crippen LogP contribution in [0.5, 0.6) is 0 Å². The van der Waals surface area contributed by atoms with E-state index in [9.17, 15) is 13.2 Å². The Morgan fingerprint density at radius 3 is 1.95 bits per heavy atom. The summed E-state index contributed by atoms with van der Waals surface area (Å²) < 4.78 is 29.3. The third kappa shape index (κ3) is 6.32. The third-order valence-electron chi connectivity index (χ3n) is 6.64. The first-order chi connectivity index (χ1) is 18.1. The number of hydrogen-bond donors (Lipinski definition) is 1. The van der Waals surface area contributed by atoms with E-state index in [1.54, 1.807) is 41.3 Å². The number of sulfonamides is 1. The van der Waals surface area contributed by atoms with E-state index in [0.717, 1.165) is 16.7 Å². The van der Waals surface area contributed by atoms with Gasteiger partial charge in [-0.3, -0.25) is 9.52 Å². The Bertz CT molecular complexity index is 1480. The van der Waals surface area contributed by atoms with Gasteiger partial charge in [-0.1, -0.05) is 106 Å². The average molecular weight is 527 g/mol. The van der Waals surface area contributed by atoms with Gasteiger partial charge in [0, 0.05) is 6.54 Å². The summed E-state index contributed by atoms with van der Waals surface area (Å²) in [6.07, 6.45) is 0. The van der Waals surface area contributed by atoms with Crippen LogP contribution in [-0.4, -0.2) is 19.2 Å². The lowest BCUT2D eigenvalue weighted by atomic mass is 9.87. The fourth-order valence-electron chi connectivity index (χ4n) is 4.33. The topological polar surface area (TPSA) is 66.5 Å². The summed E-state index contributed by atoms with van der Waals surface area (Å²) in [5.74, 6) is -0.258. The third-order valence-corrected chi connectivity index (χ3v) is 8.02. The maximum Gasteiger partial charge on any atom is 0.261 e. The standard InChI is InChI=1S/C32H34N2O3S/c1-24(26-15-9-6-10-16-26)34(23-25-13-7-5-8-14-25)31(35)29-17-11-12-18-30(29)33-38(36,37)28-21-19-27(20-22-28)32(2,3)4/h5-22,24,33H,23H2,1-4H3/t24-/m0/s1. The van der Waals surface area contributed by atoms with Crippen LogP contribution >= 0.6 is 0 Å². The van der Waals surface area contributed by atoms with Crippen molar-refractivity contribution in [2.24, 2.45) is 0 Å². The predicted molar refractivity (Wildman–Crippen MR) is 154 cm³/mol. The Kier molecular flexibility index (Phi) is 8.02. The van der Waals surface area contributed by atoms with Gasteiger partial charge in [0.25, 0.3) is 15.9 Å². The number of rotatable bonds is 8. The Morgan fingerprint density at radius 1 is 0.789 bits per heavy atom. The van der Waals surface area contributed by atoms with Crippen molar-refractivity contribution in [2.75, 3.05) is 4.72 Å². The fourth-order valence-corrected chi connectivity index (χ4v) is 5.41. The van der Waals surface area contributed by atoms with Gasteiger partial charge >= 0.3 is 0 Å². The van der Waals surface area contributed by atoms with E-state index in [1.165, 1.54) is 0 Å². The number of carbonyl (C=O) groups is 1.